The third-order valence-corrected chi connectivity index (χ3v) is 3.52. The molecule has 0 aliphatic carbocycles. The van der Waals surface area contributed by atoms with Gasteiger partial charge in [0, 0.05) is 10.7 Å². The van der Waals surface area contributed by atoms with Crippen LogP contribution in [-0.2, 0) is 4.79 Å². The number of halogens is 2. The van der Waals surface area contributed by atoms with Gasteiger partial charge in [-0.2, -0.15) is 0 Å². The number of hydrogen-bond acceptors (Lipinski definition) is 3. The SMILES string of the molecule is Cc1ccc(C(N)C(=O)Nc2cc(Br)cnc2Cl)cc1. The molecule has 0 aliphatic heterocycles. The smallest absolute Gasteiger partial charge is 0.245 e. The first-order chi connectivity index (χ1) is 9.47. The zero-order chi connectivity index (χ0) is 14.7. The van der Waals surface area contributed by atoms with E-state index in [4.69, 9.17) is 17.3 Å². The summed E-state index contributed by atoms with van der Waals surface area (Å²) in [5.74, 6) is -0.337. The number of aromatic nitrogens is 1. The first kappa shape index (κ1) is 15.0. The van der Waals surface area contributed by atoms with Gasteiger partial charge in [-0.25, -0.2) is 4.98 Å². The Labute approximate surface area is 130 Å². The van der Waals surface area contributed by atoms with E-state index in [0.29, 0.717) is 5.69 Å². The summed E-state index contributed by atoms with van der Waals surface area (Å²) in [6.45, 7) is 1.97. The van der Waals surface area contributed by atoms with E-state index >= 15 is 0 Å². The van der Waals surface area contributed by atoms with Gasteiger partial charge in [0.2, 0.25) is 5.91 Å². The largest absolute Gasteiger partial charge is 0.322 e. The van der Waals surface area contributed by atoms with E-state index in [1.807, 2.05) is 31.2 Å². The molecule has 0 radical (unpaired) electrons. The average Bonchev–Trinajstić information content (AvgIpc) is 2.43. The summed E-state index contributed by atoms with van der Waals surface area (Å²) in [6.07, 6.45) is 1.55. The Bertz CT molecular complexity index is 631. The van der Waals surface area contributed by atoms with Crippen LogP contribution < -0.4 is 11.1 Å². The van der Waals surface area contributed by atoms with Crippen LogP contribution in [0.25, 0.3) is 0 Å². The molecular formula is C14H13BrClN3O. The number of carbonyl (C=O) groups is 1. The maximum Gasteiger partial charge on any atom is 0.245 e. The Kier molecular flexibility index (Phi) is 4.75. The van der Waals surface area contributed by atoms with E-state index in [9.17, 15) is 4.79 Å². The molecule has 1 amide bonds. The van der Waals surface area contributed by atoms with Crippen molar-refractivity contribution >= 4 is 39.1 Å². The fourth-order valence-corrected chi connectivity index (χ4v) is 2.13. The van der Waals surface area contributed by atoms with Crippen LogP contribution in [-0.4, -0.2) is 10.9 Å². The Morgan fingerprint density at radius 1 is 1.40 bits per heavy atom. The van der Waals surface area contributed by atoms with Gasteiger partial charge < -0.3 is 11.1 Å². The zero-order valence-corrected chi connectivity index (χ0v) is 13.1. The lowest BCUT2D eigenvalue weighted by molar-refractivity contribution is -0.117. The quantitative estimate of drug-likeness (QED) is 0.830. The van der Waals surface area contributed by atoms with Crippen molar-refractivity contribution in [1.82, 2.24) is 4.98 Å². The average molecular weight is 355 g/mol. The number of nitrogens with one attached hydrogen (secondary N) is 1. The van der Waals surface area contributed by atoms with Gasteiger partial charge in [0.1, 0.15) is 6.04 Å². The standard InChI is InChI=1S/C14H13BrClN3O/c1-8-2-4-9(5-3-8)12(17)14(20)19-11-6-10(15)7-18-13(11)16/h2-7,12H,17H2,1H3,(H,19,20). The van der Waals surface area contributed by atoms with Gasteiger partial charge in [-0.3, -0.25) is 4.79 Å². The Hall–Kier alpha value is -1.43. The van der Waals surface area contributed by atoms with E-state index in [1.54, 1.807) is 12.3 Å². The normalized spacial score (nSPS) is 12.0. The van der Waals surface area contributed by atoms with Crippen molar-refractivity contribution in [3.63, 3.8) is 0 Å². The van der Waals surface area contributed by atoms with Gasteiger partial charge in [-0.05, 0) is 34.5 Å². The molecule has 1 aromatic carbocycles. The first-order valence-electron chi connectivity index (χ1n) is 5.91. The number of hydrogen-bond donors (Lipinski definition) is 2. The van der Waals surface area contributed by atoms with Gasteiger partial charge in [0.15, 0.2) is 5.15 Å². The molecule has 0 bridgehead atoms. The molecule has 0 spiro atoms. The molecule has 0 fully saturated rings. The minimum atomic E-state index is -0.759. The van der Waals surface area contributed by atoms with E-state index in [2.05, 4.69) is 26.2 Å². The van der Waals surface area contributed by atoms with Crippen molar-refractivity contribution in [2.45, 2.75) is 13.0 Å². The van der Waals surface area contributed by atoms with Crippen LogP contribution in [0.4, 0.5) is 5.69 Å². The summed E-state index contributed by atoms with van der Waals surface area (Å²) >= 11 is 9.20. The van der Waals surface area contributed by atoms with Gasteiger partial charge >= 0.3 is 0 Å². The van der Waals surface area contributed by atoms with Gasteiger partial charge in [0.05, 0.1) is 5.69 Å². The first-order valence-corrected chi connectivity index (χ1v) is 7.08. The van der Waals surface area contributed by atoms with Gasteiger partial charge in [-0.1, -0.05) is 41.4 Å². The van der Waals surface area contributed by atoms with E-state index < -0.39 is 6.04 Å². The molecule has 3 N–H and O–H groups in total. The summed E-state index contributed by atoms with van der Waals surface area (Å²) < 4.78 is 0.723. The molecule has 1 heterocycles. The number of aryl methyl sites for hydroxylation is 1. The van der Waals surface area contributed by atoms with Crippen LogP contribution in [0.15, 0.2) is 41.0 Å². The number of pyridine rings is 1. The second kappa shape index (κ2) is 6.35. The summed E-state index contributed by atoms with van der Waals surface area (Å²) in [5, 5.41) is 2.90. The fourth-order valence-electron chi connectivity index (χ4n) is 1.65. The number of nitrogens with zero attached hydrogens (tertiary/aromatic N) is 1. The monoisotopic (exact) mass is 353 g/mol. The molecule has 20 heavy (non-hydrogen) atoms. The molecule has 1 unspecified atom stereocenters. The molecule has 1 atom stereocenters. The summed E-state index contributed by atoms with van der Waals surface area (Å²) in [4.78, 5) is 16.1. The van der Waals surface area contributed by atoms with Gasteiger partial charge in [0.25, 0.3) is 0 Å². The second-order valence-electron chi connectivity index (χ2n) is 4.37. The minimum Gasteiger partial charge on any atom is -0.322 e. The van der Waals surface area contributed by atoms with E-state index in [1.165, 1.54) is 0 Å². The van der Waals surface area contributed by atoms with Crippen molar-refractivity contribution < 1.29 is 4.79 Å². The molecule has 0 aliphatic rings. The number of benzene rings is 1. The zero-order valence-electron chi connectivity index (χ0n) is 10.7. The van der Waals surface area contributed by atoms with Crippen LogP contribution >= 0.6 is 27.5 Å². The van der Waals surface area contributed by atoms with E-state index in [-0.39, 0.29) is 11.1 Å². The van der Waals surface area contributed by atoms with E-state index in [0.717, 1.165) is 15.6 Å². The maximum atomic E-state index is 12.1. The lowest BCUT2D eigenvalue weighted by Crippen LogP contribution is -2.27. The Morgan fingerprint density at radius 2 is 2.05 bits per heavy atom. The van der Waals surface area contributed by atoms with Gasteiger partial charge in [-0.15, -0.1) is 0 Å². The number of anilines is 1. The molecular weight excluding hydrogens is 342 g/mol. The van der Waals surface area contributed by atoms with Crippen LogP contribution in [0.2, 0.25) is 5.15 Å². The minimum absolute atomic E-state index is 0.220. The second-order valence-corrected chi connectivity index (χ2v) is 5.64. The third-order valence-electron chi connectivity index (χ3n) is 2.78. The Balaban J connectivity index is 2.15. The molecule has 0 saturated carbocycles. The summed E-state index contributed by atoms with van der Waals surface area (Å²) in [7, 11) is 0. The molecule has 0 saturated heterocycles. The molecule has 4 nitrogen and oxygen atoms in total. The molecule has 2 rings (SSSR count). The van der Waals surface area contributed by atoms with Crippen molar-refractivity contribution in [2.24, 2.45) is 5.73 Å². The van der Waals surface area contributed by atoms with Crippen molar-refractivity contribution in [3.8, 4) is 0 Å². The lowest BCUT2D eigenvalue weighted by atomic mass is 10.1. The highest BCUT2D eigenvalue weighted by molar-refractivity contribution is 9.10. The predicted octanol–water partition coefficient (Wildman–Crippen LogP) is 3.44. The predicted molar refractivity (Wildman–Crippen MR) is 83.7 cm³/mol. The van der Waals surface area contributed by atoms with Crippen molar-refractivity contribution in [1.29, 1.82) is 0 Å². The molecule has 6 heteroatoms. The molecule has 2 aromatic rings. The number of amides is 1. The molecule has 104 valence electrons. The van der Waals surface area contributed by atoms with Crippen LogP contribution in [0, 0.1) is 6.92 Å². The maximum absolute atomic E-state index is 12.1. The summed E-state index contributed by atoms with van der Waals surface area (Å²) in [6, 6.07) is 8.41. The van der Waals surface area contributed by atoms with Crippen molar-refractivity contribution in [3.05, 3.63) is 57.3 Å². The Morgan fingerprint density at radius 3 is 2.70 bits per heavy atom. The lowest BCUT2D eigenvalue weighted by Gasteiger charge is -2.13. The topological polar surface area (TPSA) is 68.0 Å². The fraction of sp³-hybridized carbons (Fsp3) is 0.143. The number of carbonyl (C=O) groups excluding carboxylic acids is 1. The van der Waals surface area contributed by atoms with Crippen LogP contribution in [0.3, 0.4) is 0 Å². The van der Waals surface area contributed by atoms with Crippen LogP contribution in [0.1, 0.15) is 17.2 Å². The number of rotatable bonds is 3. The third kappa shape index (κ3) is 3.56. The molecule has 1 aromatic heterocycles. The van der Waals surface area contributed by atoms with Crippen LogP contribution in [0.5, 0.6) is 0 Å². The van der Waals surface area contributed by atoms with Crippen molar-refractivity contribution in [2.75, 3.05) is 5.32 Å². The highest BCUT2D eigenvalue weighted by atomic mass is 79.9. The number of nitrogens with two attached hydrogens (primary N) is 1. The highest BCUT2D eigenvalue weighted by Crippen LogP contribution is 2.24. The highest BCUT2D eigenvalue weighted by Gasteiger charge is 2.17. The summed E-state index contributed by atoms with van der Waals surface area (Å²) in [5.41, 5.74) is 8.22.